The lowest BCUT2D eigenvalue weighted by molar-refractivity contribution is 0.0951. The maximum absolute atomic E-state index is 12.7. The molecule has 0 unspecified atom stereocenters. The van der Waals surface area contributed by atoms with Crippen LogP contribution in [0, 0.1) is 5.41 Å². The number of fused-ring (bicyclic) bond motifs is 1. The van der Waals surface area contributed by atoms with Crippen molar-refractivity contribution in [3.8, 4) is 0 Å². The van der Waals surface area contributed by atoms with Gasteiger partial charge >= 0.3 is 0 Å². The van der Waals surface area contributed by atoms with Crippen LogP contribution in [0.2, 0.25) is 5.02 Å². The molecule has 0 radical (unpaired) electrons. The lowest BCUT2D eigenvalue weighted by Crippen LogP contribution is -2.27. The lowest BCUT2D eigenvalue weighted by Gasteiger charge is -2.19. The molecule has 4 aromatic rings. The number of aliphatic hydroxyl groups is 1. The average Bonchev–Trinajstić information content (AvgIpc) is 3.38. The summed E-state index contributed by atoms with van der Waals surface area (Å²) in [5, 5.41) is 23.4. The van der Waals surface area contributed by atoms with Crippen molar-refractivity contribution in [3.63, 3.8) is 0 Å². The van der Waals surface area contributed by atoms with E-state index in [4.69, 9.17) is 17.0 Å². The fourth-order valence-electron chi connectivity index (χ4n) is 3.74. The number of amides is 1. The first-order valence-electron chi connectivity index (χ1n) is 10.3. The van der Waals surface area contributed by atoms with Crippen LogP contribution in [-0.2, 0) is 6.54 Å². The molecule has 5 rings (SSSR count). The van der Waals surface area contributed by atoms with Crippen molar-refractivity contribution in [2.24, 2.45) is 0 Å². The van der Waals surface area contributed by atoms with Crippen molar-refractivity contribution in [3.05, 3.63) is 99.7 Å². The zero-order valence-corrected chi connectivity index (χ0v) is 19.0. The van der Waals surface area contributed by atoms with Gasteiger partial charge in [0.05, 0.1) is 22.3 Å². The summed E-state index contributed by atoms with van der Waals surface area (Å²) >= 11 is 7.61. The number of nitrogens with zero attached hydrogens (tertiary/aromatic N) is 2. The maximum Gasteiger partial charge on any atom is 0.251 e. The number of para-hydroxylation sites is 1. The van der Waals surface area contributed by atoms with Gasteiger partial charge in [0.25, 0.3) is 5.91 Å². The van der Waals surface area contributed by atoms with E-state index in [1.54, 1.807) is 29.2 Å². The number of carbonyl (C=O) groups is 1. The minimum absolute atomic E-state index is 0.0904. The number of hydrogen-bond acceptors (Lipinski definition) is 5. The topological polar surface area (TPSA) is 89.3 Å². The standard InChI is InChI=1S/C25H19ClN4O2S/c26-18-9-2-1-6-16(18)13-28-24(32)15-7-5-8-17(12-15)30-14-20(31)22(23(30)27)25-29-19-10-3-4-11-21(19)33-25/h1-12,27,31H,13-14H2,(H,28,32). The molecule has 6 nitrogen and oxygen atoms in total. The van der Waals surface area contributed by atoms with Gasteiger partial charge in [0, 0.05) is 22.8 Å². The van der Waals surface area contributed by atoms with Gasteiger partial charge in [0.15, 0.2) is 0 Å². The maximum atomic E-state index is 12.7. The lowest BCUT2D eigenvalue weighted by atomic mass is 10.1. The molecule has 3 N–H and O–H groups in total. The Hall–Kier alpha value is -3.68. The largest absolute Gasteiger partial charge is 0.510 e. The zero-order valence-electron chi connectivity index (χ0n) is 17.4. The molecule has 33 heavy (non-hydrogen) atoms. The van der Waals surface area contributed by atoms with Gasteiger partial charge in [-0.15, -0.1) is 11.3 Å². The van der Waals surface area contributed by atoms with E-state index in [0.29, 0.717) is 33.4 Å². The first-order valence-corrected chi connectivity index (χ1v) is 11.5. The van der Waals surface area contributed by atoms with E-state index in [1.807, 2.05) is 48.5 Å². The Labute approximate surface area is 199 Å². The van der Waals surface area contributed by atoms with Gasteiger partial charge in [-0.05, 0) is 42.0 Å². The van der Waals surface area contributed by atoms with Crippen LogP contribution in [-0.4, -0.2) is 28.4 Å². The van der Waals surface area contributed by atoms with Crippen LogP contribution in [0.3, 0.4) is 0 Å². The molecule has 0 saturated heterocycles. The molecule has 2 heterocycles. The predicted octanol–water partition coefficient (Wildman–Crippen LogP) is 5.65. The molecule has 1 amide bonds. The van der Waals surface area contributed by atoms with Gasteiger partial charge in [-0.25, -0.2) is 4.98 Å². The number of amidine groups is 1. The van der Waals surface area contributed by atoms with Gasteiger partial charge in [0.1, 0.15) is 16.6 Å². The number of halogens is 1. The molecule has 0 bridgehead atoms. The normalized spacial score (nSPS) is 13.7. The number of aromatic nitrogens is 1. The number of rotatable bonds is 5. The summed E-state index contributed by atoms with van der Waals surface area (Å²) in [7, 11) is 0. The molecule has 8 heteroatoms. The molecule has 3 aromatic carbocycles. The summed E-state index contributed by atoms with van der Waals surface area (Å²) in [5.41, 5.74) is 3.19. The average molecular weight is 475 g/mol. The highest BCUT2D eigenvalue weighted by molar-refractivity contribution is 7.19. The number of hydrogen-bond donors (Lipinski definition) is 3. The molecule has 1 aliphatic rings. The molecular weight excluding hydrogens is 456 g/mol. The fraction of sp³-hybridized carbons (Fsp3) is 0.0800. The second-order valence-electron chi connectivity index (χ2n) is 7.57. The van der Waals surface area contributed by atoms with Gasteiger partial charge in [-0.3, -0.25) is 10.2 Å². The number of thiazole rings is 1. The summed E-state index contributed by atoms with van der Waals surface area (Å²) in [4.78, 5) is 19.0. The number of anilines is 1. The smallest absolute Gasteiger partial charge is 0.251 e. The van der Waals surface area contributed by atoms with Crippen molar-refractivity contribution in [2.45, 2.75) is 6.54 Å². The van der Waals surface area contributed by atoms with Crippen LogP contribution in [0.1, 0.15) is 20.9 Å². The van der Waals surface area contributed by atoms with Crippen molar-refractivity contribution in [2.75, 3.05) is 11.4 Å². The summed E-state index contributed by atoms with van der Waals surface area (Å²) < 4.78 is 0.997. The van der Waals surface area contributed by atoms with E-state index in [2.05, 4.69) is 10.3 Å². The van der Waals surface area contributed by atoms with Gasteiger partial charge < -0.3 is 15.3 Å². The second-order valence-corrected chi connectivity index (χ2v) is 9.01. The highest BCUT2D eigenvalue weighted by Gasteiger charge is 2.31. The quantitative estimate of drug-likeness (QED) is 0.349. The van der Waals surface area contributed by atoms with Crippen LogP contribution < -0.4 is 10.2 Å². The number of nitrogens with one attached hydrogen (secondary N) is 2. The third kappa shape index (κ3) is 4.08. The van der Waals surface area contributed by atoms with E-state index in [1.165, 1.54) is 11.3 Å². The Bertz CT molecular complexity index is 1400. The van der Waals surface area contributed by atoms with E-state index >= 15 is 0 Å². The first-order chi connectivity index (χ1) is 16.0. The minimum atomic E-state index is -0.244. The monoisotopic (exact) mass is 474 g/mol. The molecule has 1 aromatic heterocycles. The van der Waals surface area contributed by atoms with Gasteiger partial charge in [0.2, 0.25) is 0 Å². The van der Waals surface area contributed by atoms with Crippen LogP contribution >= 0.6 is 22.9 Å². The van der Waals surface area contributed by atoms with Gasteiger partial charge in [-0.2, -0.15) is 0 Å². The van der Waals surface area contributed by atoms with Crippen molar-refractivity contribution < 1.29 is 9.90 Å². The molecule has 1 aliphatic heterocycles. The van der Waals surface area contributed by atoms with Crippen LogP contribution in [0.15, 0.2) is 78.6 Å². The highest BCUT2D eigenvalue weighted by atomic mass is 35.5. The molecule has 0 saturated carbocycles. The number of benzene rings is 3. The molecular formula is C25H19ClN4O2S. The van der Waals surface area contributed by atoms with Crippen LogP contribution in [0.4, 0.5) is 5.69 Å². The third-order valence-electron chi connectivity index (χ3n) is 5.43. The molecule has 0 spiro atoms. The summed E-state index contributed by atoms with van der Waals surface area (Å²) in [6.07, 6.45) is 0. The Morgan fingerprint density at radius 1 is 1.12 bits per heavy atom. The van der Waals surface area contributed by atoms with Crippen molar-refractivity contribution >= 4 is 56.2 Å². The number of carbonyl (C=O) groups excluding carboxylic acids is 1. The third-order valence-corrected chi connectivity index (χ3v) is 6.85. The fourth-order valence-corrected chi connectivity index (χ4v) is 4.97. The number of aliphatic hydroxyl groups excluding tert-OH is 1. The van der Waals surface area contributed by atoms with E-state index in [-0.39, 0.29) is 24.0 Å². The van der Waals surface area contributed by atoms with Crippen LogP contribution in [0.25, 0.3) is 15.8 Å². The van der Waals surface area contributed by atoms with E-state index in [0.717, 1.165) is 15.8 Å². The highest BCUT2D eigenvalue weighted by Crippen LogP contribution is 2.35. The van der Waals surface area contributed by atoms with E-state index < -0.39 is 0 Å². The Morgan fingerprint density at radius 3 is 2.73 bits per heavy atom. The molecule has 0 fully saturated rings. The zero-order chi connectivity index (χ0) is 22.9. The second kappa shape index (κ2) is 8.69. The summed E-state index contributed by atoms with van der Waals surface area (Å²) in [5.74, 6) is -0.00103. The predicted molar refractivity (Wildman–Crippen MR) is 133 cm³/mol. The molecule has 0 atom stereocenters. The SMILES string of the molecule is N=C1C(c2nc3ccccc3s2)=C(O)CN1c1cccc(C(=O)NCc2ccccc2Cl)c1. The van der Waals surface area contributed by atoms with Gasteiger partial charge in [-0.1, -0.05) is 48.0 Å². The summed E-state index contributed by atoms with van der Waals surface area (Å²) in [6.45, 7) is 0.459. The van der Waals surface area contributed by atoms with Crippen molar-refractivity contribution in [1.82, 2.24) is 10.3 Å². The van der Waals surface area contributed by atoms with Crippen LogP contribution in [0.5, 0.6) is 0 Å². The molecule has 0 aliphatic carbocycles. The Kier molecular flexibility index (Phi) is 5.58. The first kappa shape index (κ1) is 21.2. The van der Waals surface area contributed by atoms with E-state index in [9.17, 15) is 9.90 Å². The molecule has 164 valence electrons. The minimum Gasteiger partial charge on any atom is -0.510 e. The Morgan fingerprint density at radius 2 is 1.91 bits per heavy atom. The summed E-state index contributed by atoms with van der Waals surface area (Å²) in [6, 6.07) is 22.1. The van der Waals surface area contributed by atoms with Crippen molar-refractivity contribution in [1.29, 1.82) is 5.41 Å². The Balaban J connectivity index is 1.35.